The summed E-state index contributed by atoms with van der Waals surface area (Å²) in [5, 5.41) is 22.1. The Labute approximate surface area is 197 Å². The van der Waals surface area contributed by atoms with Gasteiger partial charge in [0.2, 0.25) is 11.7 Å². The molecule has 1 N–H and O–H groups in total. The topological polar surface area (TPSA) is 105 Å². The zero-order chi connectivity index (χ0) is 23.6. The van der Waals surface area contributed by atoms with Crippen LogP contribution in [0, 0.1) is 17.2 Å². The molecular formula is C24H30N6O2S. The normalized spacial score (nSPS) is 16.7. The summed E-state index contributed by atoms with van der Waals surface area (Å²) < 4.78 is 3.54. The summed E-state index contributed by atoms with van der Waals surface area (Å²) in [7, 11) is 0. The van der Waals surface area contributed by atoms with Gasteiger partial charge in [0.05, 0.1) is 22.2 Å². The van der Waals surface area contributed by atoms with Crippen molar-refractivity contribution in [2.75, 3.05) is 0 Å². The summed E-state index contributed by atoms with van der Waals surface area (Å²) in [6.07, 6.45) is 5.22. The first kappa shape index (κ1) is 23.3. The molecule has 1 saturated carbocycles. The molecule has 1 fully saturated rings. The lowest BCUT2D eigenvalue weighted by Gasteiger charge is -2.32. The van der Waals surface area contributed by atoms with Crippen molar-refractivity contribution in [3.8, 4) is 6.07 Å². The predicted molar refractivity (Wildman–Crippen MR) is 129 cm³/mol. The van der Waals surface area contributed by atoms with Gasteiger partial charge in [0.1, 0.15) is 5.54 Å². The molecule has 0 saturated heterocycles. The highest BCUT2D eigenvalue weighted by Crippen LogP contribution is 2.30. The van der Waals surface area contributed by atoms with Crippen LogP contribution in [-0.2, 0) is 11.3 Å². The molecule has 1 amide bonds. The zero-order valence-corrected chi connectivity index (χ0v) is 20.2. The maximum atomic E-state index is 13.2. The fraction of sp³-hybridized carbons (Fsp3) is 0.542. The van der Waals surface area contributed by atoms with Crippen LogP contribution >= 0.6 is 11.8 Å². The number of aromatic nitrogens is 4. The molecule has 8 nitrogen and oxygen atoms in total. The van der Waals surface area contributed by atoms with E-state index in [0.29, 0.717) is 41.6 Å². The van der Waals surface area contributed by atoms with Gasteiger partial charge in [-0.05, 0) is 44.2 Å². The number of carbonyl (C=O) groups excluding carboxylic acids is 1. The summed E-state index contributed by atoms with van der Waals surface area (Å²) in [5.74, 6) is 0.740. The van der Waals surface area contributed by atoms with Crippen LogP contribution in [0.25, 0.3) is 16.7 Å². The first-order valence-corrected chi connectivity index (χ1v) is 12.5. The molecule has 1 aliphatic carbocycles. The van der Waals surface area contributed by atoms with Crippen molar-refractivity contribution in [2.24, 2.45) is 5.92 Å². The number of hydrogen-bond donors (Lipinski definition) is 1. The molecule has 9 heteroatoms. The lowest BCUT2D eigenvalue weighted by atomic mass is 9.83. The van der Waals surface area contributed by atoms with Crippen molar-refractivity contribution >= 4 is 34.3 Å². The average molecular weight is 467 g/mol. The van der Waals surface area contributed by atoms with Crippen molar-refractivity contribution in [3.63, 3.8) is 0 Å². The number of fused-ring (bicyclic) bond motifs is 3. The van der Waals surface area contributed by atoms with E-state index in [1.807, 2.05) is 35.6 Å². The maximum absolute atomic E-state index is 13.2. The molecule has 2 heterocycles. The van der Waals surface area contributed by atoms with Crippen molar-refractivity contribution in [1.82, 2.24) is 24.5 Å². The number of nitriles is 1. The van der Waals surface area contributed by atoms with Gasteiger partial charge in [-0.25, -0.2) is 0 Å². The molecule has 3 aromatic rings. The van der Waals surface area contributed by atoms with Crippen LogP contribution < -0.4 is 10.9 Å². The van der Waals surface area contributed by atoms with E-state index in [1.54, 1.807) is 4.57 Å². The van der Waals surface area contributed by atoms with E-state index in [0.717, 1.165) is 31.2 Å². The van der Waals surface area contributed by atoms with Crippen LogP contribution in [0.5, 0.6) is 0 Å². The summed E-state index contributed by atoms with van der Waals surface area (Å²) in [4.78, 5) is 26.2. The first-order valence-electron chi connectivity index (χ1n) is 11.6. The second kappa shape index (κ2) is 9.56. The molecule has 174 valence electrons. The van der Waals surface area contributed by atoms with E-state index >= 15 is 0 Å². The van der Waals surface area contributed by atoms with Crippen LogP contribution in [-0.4, -0.2) is 35.9 Å². The summed E-state index contributed by atoms with van der Waals surface area (Å²) >= 11 is 1.29. The molecule has 0 aliphatic heterocycles. The van der Waals surface area contributed by atoms with Gasteiger partial charge < -0.3 is 5.32 Å². The fourth-order valence-corrected chi connectivity index (χ4v) is 5.22. The lowest BCUT2D eigenvalue weighted by molar-refractivity contribution is -0.121. The van der Waals surface area contributed by atoms with E-state index in [9.17, 15) is 14.9 Å². The van der Waals surface area contributed by atoms with Crippen molar-refractivity contribution < 1.29 is 4.79 Å². The van der Waals surface area contributed by atoms with Crippen LogP contribution in [0.15, 0.2) is 34.2 Å². The van der Waals surface area contributed by atoms with Crippen LogP contribution in [0.2, 0.25) is 0 Å². The Hall–Kier alpha value is -2.86. The third-order valence-corrected chi connectivity index (χ3v) is 7.39. The molecule has 0 spiro atoms. The Bertz CT molecular complexity index is 1270. The summed E-state index contributed by atoms with van der Waals surface area (Å²) in [6.45, 7) is 6.60. The second-order valence-electron chi connectivity index (χ2n) is 9.28. The Morgan fingerprint density at radius 3 is 2.64 bits per heavy atom. The minimum atomic E-state index is -0.777. The zero-order valence-electron chi connectivity index (χ0n) is 19.4. The minimum absolute atomic E-state index is 0.0817. The van der Waals surface area contributed by atoms with Crippen molar-refractivity contribution in [3.05, 3.63) is 34.6 Å². The Kier molecular flexibility index (Phi) is 6.75. The van der Waals surface area contributed by atoms with Crippen LogP contribution in [0.3, 0.4) is 0 Å². The highest BCUT2D eigenvalue weighted by atomic mass is 32.2. The Balaban J connectivity index is 1.68. The Morgan fingerprint density at radius 1 is 1.21 bits per heavy atom. The number of nitrogens with one attached hydrogen (secondary N) is 1. The molecular weight excluding hydrogens is 436 g/mol. The molecule has 1 aliphatic rings. The minimum Gasteiger partial charge on any atom is -0.337 e. The molecule has 0 bridgehead atoms. The molecule has 1 unspecified atom stereocenters. The number of rotatable bonds is 7. The van der Waals surface area contributed by atoms with Gasteiger partial charge in [0.25, 0.3) is 5.56 Å². The third kappa shape index (κ3) is 4.62. The van der Waals surface area contributed by atoms with Gasteiger partial charge in [-0.1, -0.05) is 57.0 Å². The van der Waals surface area contributed by atoms with E-state index < -0.39 is 10.8 Å². The first-order chi connectivity index (χ1) is 15.8. The van der Waals surface area contributed by atoms with E-state index in [-0.39, 0.29) is 11.5 Å². The van der Waals surface area contributed by atoms with E-state index in [4.69, 9.17) is 0 Å². The number of carbonyl (C=O) groups is 1. The number of hydrogen-bond acceptors (Lipinski definition) is 6. The van der Waals surface area contributed by atoms with Gasteiger partial charge in [-0.15, -0.1) is 10.2 Å². The van der Waals surface area contributed by atoms with Gasteiger partial charge >= 0.3 is 0 Å². The second-order valence-corrected chi connectivity index (χ2v) is 10.6. The van der Waals surface area contributed by atoms with Crippen molar-refractivity contribution in [1.29, 1.82) is 5.26 Å². The largest absolute Gasteiger partial charge is 0.337 e. The number of para-hydroxylation sites is 1. The fourth-order valence-electron chi connectivity index (χ4n) is 4.37. The number of thioether (sulfide) groups is 1. The molecule has 1 aromatic carbocycles. The third-order valence-electron chi connectivity index (χ3n) is 6.34. The number of aryl methyl sites for hydroxylation is 1. The molecule has 33 heavy (non-hydrogen) atoms. The van der Waals surface area contributed by atoms with Crippen LogP contribution in [0.4, 0.5) is 0 Å². The monoisotopic (exact) mass is 466 g/mol. The van der Waals surface area contributed by atoms with Crippen molar-refractivity contribution in [2.45, 2.75) is 81.8 Å². The summed E-state index contributed by atoms with van der Waals surface area (Å²) in [6, 6.07) is 9.76. The van der Waals surface area contributed by atoms with E-state index in [2.05, 4.69) is 35.4 Å². The highest BCUT2D eigenvalue weighted by molar-refractivity contribution is 8.00. The highest BCUT2D eigenvalue weighted by Gasteiger charge is 2.35. The quantitative estimate of drug-likeness (QED) is 0.529. The summed E-state index contributed by atoms with van der Waals surface area (Å²) in [5.41, 5.74) is -0.137. The molecule has 2 aromatic heterocycles. The smallest absolute Gasteiger partial charge is 0.262 e. The maximum Gasteiger partial charge on any atom is 0.262 e. The van der Waals surface area contributed by atoms with Gasteiger partial charge in [-0.2, -0.15) is 5.26 Å². The number of benzene rings is 1. The van der Waals surface area contributed by atoms with Gasteiger partial charge in [-0.3, -0.25) is 18.6 Å². The average Bonchev–Trinajstić information content (AvgIpc) is 3.22. The molecule has 1 atom stereocenters. The number of nitrogens with zero attached hydrogens (tertiary/aromatic N) is 5. The number of amides is 1. The molecule has 0 radical (unpaired) electrons. The molecule has 4 rings (SSSR count). The van der Waals surface area contributed by atoms with Gasteiger partial charge in [0, 0.05) is 6.54 Å². The standard InChI is InChI=1S/C24H30N6O2S/c1-16(2)11-14-29-21(32)18-9-5-6-10-19(18)30-22(29)27-28-23(30)33-17(3)20(31)26-24(15-25)12-7-4-8-13-24/h5-6,9-10,16-17H,4,7-8,11-14H2,1-3H3,(H,26,31). The predicted octanol–water partition coefficient (Wildman–Crippen LogP) is 3.91. The van der Waals surface area contributed by atoms with E-state index in [1.165, 1.54) is 11.8 Å². The Morgan fingerprint density at radius 2 is 1.94 bits per heavy atom. The SMILES string of the molecule is CC(C)CCn1c(=O)c2ccccc2n2c(SC(C)C(=O)NC3(C#N)CCCCC3)nnc12. The lowest BCUT2D eigenvalue weighted by Crippen LogP contribution is -2.50. The van der Waals surface area contributed by atoms with Gasteiger partial charge in [0.15, 0.2) is 5.16 Å². The van der Waals surface area contributed by atoms with Crippen LogP contribution in [0.1, 0.15) is 59.3 Å².